The molecule has 9 nitrogen and oxygen atoms in total. The van der Waals surface area contributed by atoms with Crippen molar-refractivity contribution < 1.29 is 9.59 Å². The number of hydrogen-bond donors (Lipinski definition) is 2. The molecular formula is C17H17N7O2. The molecule has 2 aromatic heterocycles. The number of aromatic nitrogens is 5. The van der Waals surface area contributed by atoms with E-state index in [-0.39, 0.29) is 23.7 Å². The number of carbonyl (C=O) groups is 2. The van der Waals surface area contributed by atoms with E-state index < -0.39 is 0 Å². The lowest BCUT2D eigenvalue weighted by Crippen LogP contribution is -2.36. The molecule has 0 saturated heterocycles. The Kier molecular flexibility index (Phi) is 3.96. The molecule has 1 atom stereocenters. The normalized spacial score (nSPS) is 16.2. The van der Waals surface area contributed by atoms with Crippen LogP contribution in [0.5, 0.6) is 0 Å². The van der Waals surface area contributed by atoms with E-state index in [9.17, 15) is 9.59 Å². The third-order valence-corrected chi connectivity index (χ3v) is 4.42. The van der Waals surface area contributed by atoms with E-state index in [2.05, 4.69) is 25.6 Å². The smallest absolute Gasteiger partial charge is 0.292 e. The average molecular weight is 351 g/mol. The zero-order valence-corrected chi connectivity index (χ0v) is 14.1. The highest BCUT2D eigenvalue weighted by molar-refractivity contribution is 6.02. The summed E-state index contributed by atoms with van der Waals surface area (Å²) in [7, 11) is 0. The predicted molar refractivity (Wildman–Crippen MR) is 93.8 cm³/mol. The number of benzene rings is 1. The summed E-state index contributed by atoms with van der Waals surface area (Å²) < 4.78 is 1.87. The van der Waals surface area contributed by atoms with Crippen LogP contribution in [0.4, 0.5) is 11.4 Å². The Morgan fingerprint density at radius 1 is 1.35 bits per heavy atom. The number of amides is 2. The summed E-state index contributed by atoms with van der Waals surface area (Å²) in [5.41, 5.74) is 2.39. The quantitative estimate of drug-likeness (QED) is 0.745. The number of rotatable bonds is 3. The Morgan fingerprint density at radius 3 is 2.92 bits per heavy atom. The van der Waals surface area contributed by atoms with Gasteiger partial charge >= 0.3 is 0 Å². The van der Waals surface area contributed by atoms with Gasteiger partial charge in [-0.25, -0.2) is 4.98 Å². The summed E-state index contributed by atoms with van der Waals surface area (Å²) in [5, 5.41) is 13.4. The molecule has 0 unspecified atom stereocenters. The SMILES string of the molecule is CC(=O)N1CC[C@@H](n2cccn2)c2cc(NC(=O)c3ncn[nH]3)ccc21. The molecule has 9 heteroatoms. The second-order valence-corrected chi connectivity index (χ2v) is 6.02. The lowest BCUT2D eigenvalue weighted by molar-refractivity contribution is -0.116. The molecule has 0 fully saturated rings. The maximum atomic E-state index is 12.2. The van der Waals surface area contributed by atoms with Crippen LogP contribution in [-0.4, -0.2) is 43.3 Å². The second kappa shape index (κ2) is 6.43. The standard InChI is InChI=1S/C17H17N7O2/c1-11(25)23-8-5-15(24-7-2-6-20-24)13-9-12(3-4-14(13)23)21-17(26)16-18-10-19-22-16/h2-4,6-7,9-10,15H,5,8H2,1H3,(H,21,26)(H,18,19,22)/t15-/m1/s1. The highest BCUT2D eigenvalue weighted by Crippen LogP contribution is 2.37. The molecule has 4 rings (SSSR count). The Hall–Kier alpha value is -3.49. The van der Waals surface area contributed by atoms with Gasteiger partial charge in [-0.15, -0.1) is 0 Å². The zero-order chi connectivity index (χ0) is 18.1. The van der Waals surface area contributed by atoms with Crippen LogP contribution in [0.2, 0.25) is 0 Å². The van der Waals surface area contributed by atoms with Gasteiger partial charge in [-0.2, -0.15) is 10.2 Å². The highest BCUT2D eigenvalue weighted by Gasteiger charge is 2.29. The van der Waals surface area contributed by atoms with E-state index in [1.807, 2.05) is 29.1 Å². The van der Waals surface area contributed by atoms with Crippen LogP contribution < -0.4 is 10.2 Å². The monoisotopic (exact) mass is 351 g/mol. The van der Waals surface area contributed by atoms with E-state index in [0.29, 0.717) is 12.2 Å². The molecule has 2 N–H and O–H groups in total. The van der Waals surface area contributed by atoms with Crippen molar-refractivity contribution in [3.63, 3.8) is 0 Å². The number of fused-ring (bicyclic) bond motifs is 1. The molecule has 2 amide bonds. The van der Waals surface area contributed by atoms with Gasteiger partial charge in [-0.1, -0.05) is 0 Å². The van der Waals surface area contributed by atoms with Gasteiger partial charge in [0.05, 0.1) is 6.04 Å². The fraction of sp³-hybridized carbons (Fsp3) is 0.235. The Balaban J connectivity index is 1.70. The van der Waals surface area contributed by atoms with Crippen molar-refractivity contribution in [2.45, 2.75) is 19.4 Å². The van der Waals surface area contributed by atoms with Gasteiger partial charge in [0.2, 0.25) is 11.7 Å². The Morgan fingerprint density at radius 2 is 2.23 bits per heavy atom. The van der Waals surface area contributed by atoms with Crippen LogP contribution >= 0.6 is 0 Å². The number of carbonyl (C=O) groups excluding carboxylic acids is 2. The van der Waals surface area contributed by atoms with Crippen LogP contribution in [0.1, 0.15) is 35.6 Å². The summed E-state index contributed by atoms with van der Waals surface area (Å²) in [6.07, 6.45) is 5.65. The Bertz CT molecular complexity index is 934. The van der Waals surface area contributed by atoms with E-state index in [0.717, 1.165) is 17.7 Å². The van der Waals surface area contributed by atoms with E-state index in [1.54, 1.807) is 24.1 Å². The molecular weight excluding hydrogens is 334 g/mol. The van der Waals surface area contributed by atoms with Crippen LogP contribution in [0.3, 0.4) is 0 Å². The predicted octanol–water partition coefficient (Wildman–Crippen LogP) is 1.60. The molecule has 1 aliphatic heterocycles. The summed E-state index contributed by atoms with van der Waals surface area (Å²) in [4.78, 5) is 29.8. The first-order valence-electron chi connectivity index (χ1n) is 8.21. The summed E-state index contributed by atoms with van der Waals surface area (Å²) in [5.74, 6) is -0.252. The van der Waals surface area contributed by atoms with Gasteiger partial charge in [-0.05, 0) is 30.7 Å². The number of nitrogens with one attached hydrogen (secondary N) is 2. The largest absolute Gasteiger partial charge is 0.319 e. The van der Waals surface area contributed by atoms with Crippen molar-refractivity contribution in [2.75, 3.05) is 16.8 Å². The molecule has 0 radical (unpaired) electrons. The number of aromatic amines is 1. The molecule has 3 heterocycles. The molecule has 0 aliphatic carbocycles. The van der Waals surface area contributed by atoms with Crippen molar-refractivity contribution in [1.82, 2.24) is 25.0 Å². The summed E-state index contributed by atoms with van der Waals surface area (Å²) in [6.45, 7) is 2.17. The molecule has 1 aromatic carbocycles. The highest BCUT2D eigenvalue weighted by atomic mass is 16.2. The van der Waals surface area contributed by atoms with E-state index in [1.165, 1.54) is 6.33 Å². The first-order valence-corrected chi connectivity index (χ1v) is 8.21. The molecule has 1 aliphatic rings. The number of hydrogen-bond acceptors (Lipinski definition) is 5. The molecule has 0 saturated carbocycles. The third kappa shape index (κ3) is 2.83. The summed E-state index contributed by atoms with van der Waals surface area (Å²) in [6, 6.07) is 7.37. The number of nitrogens with zero attached hydrogens (tertiary/aromatic N) is 5. The van der Waals surface area contributed by atoms with Gasteiger partial charge < -0.3 is 10.2 Å². The minimum absolute atomic E-state index is 0.00210. The van der Waals surface area contributed by atoms with Crippen LogP contribution in [-0.2, 0) is 4.79 Å². The molecule has 0 spiro atoms. The van der Waals surface area contributed by atoms with Crippen molar-refractivity contribution in [1.29, 1.82) is 0 Å². The third-order valence-electron chi connectivity index (χ3n) is 4.42. The fourth-order valence-electron chi connectivity index (χ4n) is 3.24. The number of H-pyrrole nitrogens is 1. The average Bonchev–Trinajstić information content (AvgIpc) is 3.34. The lowest BCUT2D eigenvalue weighted by atomic mass is 9.95. The van der Waals surface area contributed by atoms with Crippen molar-refractivity contribution >= 4 is 23.2 Å². The van der Waals surface area contributed by atoms with Gasteiger partial charge in [0.1, 0.15) is 6.33 Å². The van der Waals surface area contributed by atoms with Gasteiger partial charge in [-0.3, -0.25) is 19.4 Å². The van der Waals surface area contributed by atoms with Crippen LogP contribution in [0.25, 0.3) is 0 Å². The van der Waals surface area contributed by atoms with Crippen molar-refractivity contribution in [2.24, 2.45) is 0 Å². The molecule has 26 heavy (non-hydrogen) atoms. The number of anilines is 2. The first kappa shape index (κ1) is 16.0. The van der Waals surface area contributed by atoms with E-state index >= 15 is 0 Å². The van der Waals surface area contributed by atoms with Gasteiger partial charge in [0.25, 0.3) is 5.91 Å². The zero-order valence-electron chi connectivity index (χ0n) is 14.1. The van der Waals surface area contributed by atoms with Crippen LogP contribution in [0, 0.1) is 0 Å². The first-order chi connectivity index (χ1) is 12.6. The van der Waals surface area contributed by atoms with Crippen LogP contribution in [0.15, 0.2) is 43.0 Å². The lowest BCUT2D eigenvalue weighted by Gasteiger charge is -2.34. The molecule has 132 valence electrons. The maximum absolute atomic E-state index is 12.2. The summed E-state index contributed by atoms with van der Waals surface area (Å²) >= 11 is 0. The minimum atomic E-state index is -0.377. The topological polar surface area (TPSA) is 109 Å². The molecule has 3 aromatic rings. The molecule has 0 bridgehead atoms. The van der Waals surface area contributed by atoms with Gasteiger partial charge in [0, 0.05) is 42.8 Å². The van der Waals surface area contributed by atoms with Crippen molar-refractivity contribution in [3.05, 3.63) is 54.4 Å². The van der Waals surface area contributed by atoms with E-state index in [4.69, 9.17) is 0 Å². The fourth-order valence-corrected chi connectivity index (χ4v) is 3.24. The Labute approximate surface area is 149 Å². The van der Waals surface area contributed by atoms with Crippen molar-refractivity contribution in [3.8, 4) is 0 Å². The minimum Gasteiger partial charge on any atom is -0.319 e. The second-order valence-electron chi connectivity index (χ2n) is 6.02. The maximum Gasteiger partial charge on any atom is 0.292 e. The van der Waals surface area contributed by atoms with Gasteiger partial charge in [0.15, 0.2) is 0 Å².